The Morgan fingerprint density at radius 2 is 2.35 bits per heavy atom. The molecule has 6 nitrogen and oxygen atoms in total. The molecule has 0 saturated carbocycles. The molecule has 1 fully saturated rings. The van der Waals surface area contributed by atoms with Gasteiger partial charge in [-0.1, -0.05) is 25.3 Å². The molecule has 1 saturated heterocycles. The number of hydrogen-bond donors (Lipinski definition) is 2. The minimum Gasteiger partial charge on any atom is -0.499 e. The molecule has 0 aliphatic carbocycles. The van der Waals surface area contributed by atoms with E-state index in [4.69, 9.17) is 20.3 Å². The molecule has 2 rings (SSSR count). The average molecular weight is 358 g/mol. The van der Waals surface area contributed by atoms with Crippen LogP contribution >= 0.6 is 0 Å². The number of amides is 1. The number of aliphatic hydroxyl groups is 1. The van der Waals surface area contributed by atoms with Gasteiger partial charge in [0.2, 0.25) is 5.91 Å². The second kappa shape index (κ2) is 8.69. The van der Waals surface area contributed by atoms with Gasteiger partial charge in [0.05, 0.1) is 6.26 Å². The van der Waals surface area contributed by atoms with Gasteiger partial charge in [0.25, 0.3) is 0 Å². The number of rotatable bonds is 8. The Labute approximate surface area is 154 Å². The van der Waals surface area contributed by atoms with Crippen molar-refractivity contribution < 1.29 is 19.4 Å². The van der Waals surface area contributed by atoms with E-state index in [-0.39, 0.29) is 12.5 Å². The summed E-state index contributed by atoms with van der Waals surface area (Å²) < 4.78 is 10.6. The third-order valence-corrected chi connectivity index (χ3v) is 4.49. The molecule has 140 valence electrons. The molecule has 2 aliphatic heterocycles. The standard InChI is InChI=1S/C20H26N2O4/c1-4-6-8-18-15(3)20(19(24)22(18)10-7-9-21)13-25-12-16(20)11-17(5-2)26-14-23/h4-6,8,11-12,23H,2-3,7,9-10,13-14,21H2,1H3/b6-4-,17-11+,18-8+. The first-order chi connectivity index (χ1) is 12.6. The van der Waals surface area contributed by atoms with Gasteiger partial charge in [-0.15, -0.1) is 0 Å². The lowest BCUT2D eigenvalue weighted by molar-refractivity contribution is -0.133. The molecule has 1 atom stereocenters. The van der Waals surface area contributed by atoms with Gasteiger partial charge in [0.1, 0.15) is 17.8 Å². The SMILES string of the molecule is C=C/C(=C\C1=COCC12C(=C)/C(=C\C=C/C)N(CCCN)C2=O)OCO. The monoisotopic (exact) mass is 358 g/mol. The lowest BCUT2D eigenvalue weighted by Gasteiger charge is -2.23. The number of hydrogen-bond acceptors (Lipinski definition) is 5. The van der Waals surface area contributed by atoms with Crippen LogP contribution < -0.4 is 5.73 Å². The number of nitrogens with zero attached hydrogens (tertiary/aromatic N) is 1. The zero-order valence-electron chi connectivity index (χ0n) is 15.1. The highest BCUT2D eigenvalue weighted by atomic mass is 16.6. The van der Waals surface area contributed by atoms with Gasteiger partial charge in [0, 0.05) is 17.8 Å². The number of allylic oxidation sites excluding steroid dienone is 6. The van der Waals surface area contributed by atoms with Crippen molar-refractivity contribution in [3.8, 4) is 0 Å². The Morgan fingerprint density at radius 1 is 1.58 bits per heavy atom. The maximum absolute atomic E-state index is 13.4. The van der Waals surface area contributed by atoms with Crippen LogP contribution in [0, 0.1) is 5.41 Å². The van der Waals surface area contributed by atoms with E-state index in [1.54, 1.807) is 11.0 Å². The topological polar surface area (TPSA) is 85.0 Å². The largest absolute Gasteiger partial charge is 0.499 e. The zero-order chi connectivity index (χ0) is 19.2. The van der Waals surface area contributed by atoms with E-state index in [0.717, 1.165) is 5.70 Å². The summed E-state index contributed by atoms with van der Waals surface area (Å²) in [5, 5.41) is 9.00. The first-order valence-corrected chi connectivity index (χ1v) is 8.51. The van der Waals surface area contributed by atoms with Crippen LogP contribution in [0.2, 0.25) is 0 Å². The molecular weight excluding hydrogens is 332 g/mol. The van der Waals surface area contributed by atoms with Crippen molar-refractivity contribution in [3.05, 3.63) is 72.4 Å². The predicted octanol–water partition coefficient (Wildman–Crippen LogP) is 2.13. The molecule has 3 N–H and O–H groups in total. The van der Waals surface area contributed by atoms with Crippen molar-refractivity contribution in [1.29, 1.82) is 0 Å². The molecule has 6 heteroatoms. The van der Waals surface area contributed by atoms with Gasteiger partial charge in [-0.05, 0) is 43.7 Å². The number of nitrogens with two attached hydrogens (primary N) is 1. The van der Waals surface area contributed by atoms with Crippen molar-refractivity contribution in [3.63, 3.8) is 0 Å². The molecule has 1 spiro atoms. The molecule has 1 unspecified atom stereocenters. The molecule has 0 aromatic heterocycles. The average Bonchev–Trinajstić information content (AvgIpc) is 3.14. The van der Waals surface area contributed by atoms with Crippen LogP contribution in [0.1, 0.15) is 13.3 Å². The summed E-state index contributed by atoms with van der Waals surface area (Å²) in [4.78, 5) is 15.1. The maximum atomic E-state index is 13.4. The van der Waals surface area contributed by atoms with Gasteiger partial charge in [-0.2, -0.15) is 0 Å². The Balaban J connectivity index is 2.49. The Morgan fingerprint density at radius 3 is 2.96 bits per heavy atom. The summed E-state index contributed by atoms with van der Waals surface area (Å²) in [5.74, 6) is 0.253. The summed E-state index contributed by atoms with van der Waals surface area (Å²) in [6.45, 7) is 10.5. The number of ether oxygens (including phenoxy) is 2. The van der Waals surface area contributed by atoms with Crippen molar-refractivity contribution in [2.75, 3.05) is 26.5 Å². The van der Waals surface area contributed by atoms with Crippen molar-refractivity contribution in [2.24, 2.45) is 11.1 Å². The molecule has 0 aromatic carbocycles. The van der Waals surface area contributed by atoms with E-state index in [9.17, 15) is 4.79 Å². The normalized spacial score (nSPS) is 24.7. The van der Waals surface area contributed by atoms with E-state index in [0.29, 0.717) is 36.4 Å². The van der Waals surface area contributed by atoms with E-state index < -0.39 is 12.2 Å². The van der Waals surface area contributed by atoms with E-state index in [1.165, 1.54) is 12.3 Å². The molecule has 2 aliphatic rings. The minimum atomic E-state index is -1.00. The van der Waals surface area contributed by atoms with Gasteiger partial charge < -0.3 is 25.2 Å². The fraction of sp³-hybridized carbons (Fsp3) is 0.350. The van der Waals surface area contributed by atoms with Gasteiger partial charge in [0.15, 0.2) is 6.79 Å². The lowest BCUT2D eigenvalue weighted by atomic mass is 9.77. The van der Waals surface area contributed by atoms with Crippen LogP contribution in [0.3, 0.4) is 0 Å². The second-order valence-electron chi connectivity index (χ2n) is 5.97. The van der Waals surface area contributed by atoms with E-state index in [1.807, 2.05) is 25.2 Å². The number of carbonyl (C=O) groups excluding carboxylic acids is 1. The van der Waals surface area contributed by atoms with Crippen molar-refractivity contribution >= 4 is 5.91 Å². The van der Waals surface area contributed by atoms with Gasteiger partial charge >= 0.3 is 0 Å². The molecule has 0 bridgehead atoms. The summed E-state index contributed by atoms with van der Waals surface area (Å²) in [7, 11) is 0. The van der Waals surface area contributed by atoms with Crippen LogP contribution in [0.25, 0.3) is 0 Å². The summed E-state index contributed by atoms with van der Waals surface area (Å²) in [6.07, 6.45) is 11.0. The molecule has 1 amide bonds. The molecule has 2 heterocycles. The minimum absolute atomic E-state index is 0.0980. The van der Waals surface area contributed by atoms with E-state index >= 15 is 0 Å². The highest BCUT2D eigenvalue weighted by molar-refractivity contribution is 5.98. The molecular formula is C20H26N2O4. The van der Waals surface area contributed by atoms with Crippen LogP contribution in [-0.4, -0.2) is 42.4 Å². The van der Waals surface area contributed by atoms with Gasteiger partial charge in [-0.3, -0.25) is 4.79 Å². The third-order valence-electron chi connectivity index (χ3n) is 4.49. The highest BCUT2D eigenvalue weighted by Crippen LogP contribution is 2.51. The first-order valence-electron chi connectivity index (χ1n) is 8.51. The van der Waals surface area contributed by atoms with Gasteiger partial charge in [-0.25, -0.2) is 0 Å². The molecule has 26 heavy (non-hydrogen) atoms. The van der Waals surface area contributed by atoms with Crippen LogP contribution in [0.4, 0.5) is 0 Å². The fourth-order valence-corrected chi connectivity index (χ4v) is 3.13. The highest BCUT2D eigenvalue weighted by Gasteiger charge is 2.56. The first kappa shape index (κ1) is 19.8. The number of aliphatic hydroxyl groups excluding tert-OH is 1. The third kappa shape index (κ3) is 3.38. The summed E-state index contributed by atoms with van der Waals surface area (Å²) >= 11 is 0. The summed E-state index contributed by atoms with van der Waals surface area (Å²) in [6, 6.07) is 0. The Bertz CT molecular complexity index is 703. The molecule has 0 aromatic rings. The Kier molecular flexibility index (Phi) is 6.60. The van der Waals surface area contributed by atoms with Crippen LogP contribution in [0.15, 0.2) is 72.4 Å². The Hall–Kier alpha value is -2.57. The maximum Gasteiger partial charge on any atom is 0.245 e. The smallest absolute Gasteiger partial charge is 0.245 e. The fourth-order valence-electron chi connectivity index (χ4n) is 3.13. The van der Waals surface area contributed by atoms with Crippen LogP contribution in [0.5, 0.6) is 0 Å². The predicted molar refractivity (Wildman–Crippen MR) is 100 cm³/mol. The number of likely N-dealkylation sites (tertiary alicyclic amines) is 1. The zero-order valence-corrected chi connectivity index (χ0v) is 15.1. The quantitative estimate of drug-likeness (QED) is 0.394. The van der Waals surface area contributed by atoms with Crippen molar-refractivity contribution in [1.82, 2.24) is 4.90 Å². The summed E-state index contributed by atoms with van der Waals surface area (Å²) in [5.41, 5.74) is 6.68. The molecule has 0 radical (unpaired) electrons. The van der Waals surface area contributed by atoms with E-state index in [2.05, 4.69) is 13.2 Å². The number of carbonyl (C=O) groups is 1. The van der Waals surface area contributed by atoms with Crippen molar-refractivity contribution in [2.45, 2.75) is 13.3 Å². The lowest BCUT2D eigenvalue weighted by Crippen LogP contribution is -2.37. The second-order valence-corrected chi connectivity index (χ2v) is 5.97. The van der Waals surface area contributed by atoms with Crippen LogP contribution in [-0.2, 0) is 14.3 Å².